The molecular formula is C22H16ClN5OS. The van der Waals surface area contributed by atoms with Gasteiger partial charge in [0.05, 0.1) is 27.7 Å². The van der Waals surface area contributed by atoms with Crippen LogP contribution in [0.1, 0.15) is 21.9 Å². The number of carbonyl (C=O) groups is 1. The smallest absolute Gasteiger partial charge is 0.279 e. The second-order valence-electron chi connectivity index (χ2n) is 6.77. The standard InChI is InChI=1S/C22H16ClN5OS/c1-14-20(27-12-5-3-10-18(27)25-14)21(29)28(13-15-7-2-4-11-24-15)22-26-19-16(23)8-6-9-17(19)30-22/h2-12H,13H2,1H3. The first-order chi connectivity index (χ1) is 14.6. The van der Waals surface area contributed by atoms with Gasteiger partial charge in [0.15, 0.2) is 5.13 Å². The number of benzene rings is 1. The molecule has 30 heavy (non-hydrogen) atoms. The highest BCUT2D eigenvalue weighted by Gasteiger charge is 2.27. The topological polar surface area (TPSA) is 63.4 Å². The largest absolute Gasteiger partial charge is 0.295 e. The maximum absolute atomic E-state index is 13.8. The summed E-state index contributed by atoms with van der Waals surface area (Å²) in [5, 5.41) is 1.13. The van der Waals surface area contributed by atoms with Crippen molar-refractivity contribution in [2.24, 2.45) is 0 Å². The van der Waals surface area contributed by atoms with Gasteiger partial charge in [0.1, 0.15) is 16.9 Å². The van der Waals surface area contributed by atoms with Gasteiger partial charge in [-0.05, 0) is 43.3 Å². The van der Waals surface area contributed by atoms with Crippen molar-refractivity contribution in [1.82, 2.24) is 19.4 Å². The molecule has 1 aromatic carbocycles. The minimum atomic E-state index is -0.188. The summed E-state index contributed by atoms with van der Waals surface area (Å²) < 4.78 is 2.73. The molecule has 0 spiro atoms. The van der Waals surface area contributed by atoms with Gasteiger partial charge < -0.3 is 0 Å². The molecule has 5 aromatic rings. The van der Waals surface area contributed by atoms with Gasteiger partial charge >= 0.3 is 0 Å². The average molecular weight is 434 g/mol. The van der Waals surface area contributed by atoms with E-state index in [1.807, 2.05) is 66.1 Å². The number of aromatic nitrogens is 4. The summed E-state index contributed by atoms with van der Waals surface area (Å²) >= 11 is 7.76. The van der Waals surface area contributed by atoms with E-state index < -0.39 is 0 Å². The number of halogens is 1. The number of rotatable bonds is 4. The van der Waals surface area contributed by atoms with Crippen molar-refractivity contribution in [2.45, 2.75) is 13.5 Å². The van der Waals surface area contributed by atoms with Gasteiger partial charge in [-0.3, -0.25) is 19.1 Å². The summed E-state index contributed by atoms with van der Waals surface area (Å²) in [4.78, 5) is 29.0. The lowest BCUT2D eigenvalue weighted by molar-refractivity contribution is 0.0978. The zero-order chi connectivity index (χ0) is 20.7. The van der Waals surface area contributed by atoms with Gasteiger partial charge in [-0.1, -0.05) is 41.1 Å². The van der Waals surface area contributed by atoms with Gasteiger partial charge in [-0.25, -0.2) is 9.97 Å². The first-order valence-electron chi connectivity index (χ1n) is 9.32. The zero-order valence-corrected chi connectivity index (χ0v) is 17.6. The van der Waals surface area contributed by atoms with E-state index >= 15 is 0 Å². The maximum Gasteiger partial charge on any atom is 0.279 e. The lowest BCUT2D eigenvalue weighted by Crippen LogP contribution is -2.32. The highest BCUT2D eigenvalue weighted by Crippen LogP contribution is 2.34. The number of amides is 1. The Balaban J connectivity index is 1.66. The molecule has 0 saturated carbocycles. The molecule has 0 aliphatic heterocycles. The molecule has 0 aliphatic rings. The van der Waals surface area contributed by atoms with E-state index in [2.05, 4.69) is 15.0 Å². The van der Waals surface area contributed by atoms with Crippen molar-refractivity contribution >= 4 is 49.8 Å². The molecule has 0 saturated heterocycles. The van der Waals surface area contributed by atoms with Crippen LogP contribution in [0.5, 0.6) is 0 Å². The fourth-order valence-electron chi connectivity index (χ4n) is 3.40. The Morgan fingerprint density at radius 2 is 1.97 bits per heavy atom. The number of thiazole rings is 1. The third-order valence-electron chi connectivity index (χ3n) is 4.79. The van der Waals surface area contributed by atoms with Crippen LogP contribution in [0.2, 0.25) is 5.02 Å². The van der Waals surface area contributed by atoms with E-state index in [9.17, 15) is 4.79 Å². The molecule has 0 unspecified atom stereocenters. The normalized spacial score (nSPS) is 11.3. The van der Waals surface area contributed by atoms with Crippen LogP contribution in [0, 0.1) is 6.92 Å². The number of fused-ring (bicyclic) bond motifs is 2. The molecule has 148 valence electrons. The third kappa shape index (κ3) is 3.22. The van der Waals surface area contributed by atoms with Crippen molar-refractivity contribution < 1.29 is 4.79 Å². The number of imidazole rings is 1. The summed E-state index contributed by atoms with van der Waals surface area (Å²) in [6.45, 7) is 2.13. The van der Waals surface area contributed by atoms with Crippen LogP contribution < -0.4 is 4.90 Å². The monoisotopic (exact) mass is 433 g/mol. The van der Waals surface area contributed by atoms with Crippen molar-refractivity contribution in [1.29, 1.82) is 0 Å². The molecule has 6 nitrogen and oxygen atoms in total. The Bertz CT molecular complexity index is 1380. The van der Waals surface area contributed by atoms with Crippen LogP contribution in [-0.2, 0) is 6.54 Å². The predicted octanol–water partition coefficient (Wildman–Crippen LogP) is 5.15. The van der Waals surface area contributed by atoms with Gasteiger partial charge in [0.2, 0.25) is 0 Å². The van der Waals surface area contributed by atoms with Crippen molar-refractivity contribution in [3.8, 4) is 0 Å². The lowest BCUT2D eigenvalue weighted by Gasteiger charge is -2.19. The second-order valence-corrected chi connectivity index (χ2v) is 8.19. The van der Waals surface area contributed by atoms with Gasteiger partial charge in [-0.15, -0.1) is 0 Å². The van der Waals surface area contributed by atoms with E-state index in [-0.39, 0.29) is 12.5 Å². The Labute approximate surface area is 181 Å². The van der Waals surface area contributed by atoms with Crippen molar-refractivity contribution in [3.05, 3.63) is 89.1 Å². The van der Waals surface area contributed by atoms with Crippen molar-refractivity contribution in [3.63, 3.8) is 0 Å². The molecule has 5 rings (SSSR count). The molecule has 0 atom stereocenters. The van der Waals surface area contributed by atoms with Crippen molar-refractivity contribution in [2.75, 3.05) is 4.90 Å². The van der Waals surface area contributed by atoms with Crippen LogP contribution in [0.3, 0.4) is 0 Å². The van der Waals surface area contributed by atoms with Crippen LogP contribution >= 0.6 is 22.9 Å². The Kier molecular flexibility index (Phi) is 4.69. The molecule has 4 aromatic heterocycles. The highest BCUT2D eigenvalue weighted by molar-refractivity contribution is 7.22. The van der Waals surface area contributed by atoms with Crippen LogP contribution in [-0.4, -0.2) is 25.3 Å². The lowest BCUT2D eigenvalue weighted by atomic mass is 10.2. The number of pyridine rings is 2. The maximum atomic E-state index is 13.8. The summed E-state index contributed by atoms with van der Waals surface area (Å²) in [5.74, 6) is -0.188. The quantitative estimate of drug-likeness (QED) is 0.393. The van der Waals surface area contributed by atoms with Crippen LogP contribution in [0.4, 0.5) is 5.13 Å². The fraction of sp³-hybridized carbons (Fsp3) is 0.0909. The fourth-order valence-corrected chi connectivity index (χ4v) is 4.66. The van der Waals surface area contributed by atoms with E-state index in [4.69, 9.17) is 11.6 Å². The Morgan fingerprint density at radius 1 is 1.10 bits per heavy atom. The molecule has 0 bridgehead atoms. The summed E-state index contributed by atoms with van der Waals surface area (Å²) in [6, 6.07) is 16.9. The highest BCUT2D eigenvalue weighted by atomic mass is 35.5. The number of hydrogen-bond acceptors (Lipinski definition) is 5. The third-order valence-corrected chi connectivity index (χ3v) is 6.14. The van der Waals surface area contributed by atoms with E-state index in [1.165, 1.54) is 11.3 Å². The summed E-state index contributed by atoms with van der Waals surface area (Å²) in [5.41, 5.74) is 3.35. The first kappa shape index (κ1) is 18.7. The molecule has 0 fully saturated rings. The molecule has 0 N–H and O–H groups in total. The molecule has 0 aliphatic carbocycles. The Hall–Kier alpha value is -3.29. The minimum Gasteiger partial charge on any atom is -0.295 e. The van der Waals surface area contributed by atoms with E-state index in [0.717, 1.165) is 16.0 Å². The number of nitrogens with zero attached hydrogens (tertiary/aromatic N) is 5. The van der Waals surface area contributed by atoms with Gasteiger partial charge in [0, 0.05) is 12.4 Å². The molecule has 8 heteroatoms. The summed E-state index contributed by atoms with van der Waals surface area (Å²) in [7, 11) is 0. The number of hydrogen-bond donors (Lipinski definition) is 0. The molecular weight excluding hydrogens is 418 g/mol. The van der Waals surface area contributed by atoms with Crippen LogP contribution in [0.25, 0.3) is 15.9 Å². The number of anilines is 1. The number of carbonyl (C=O) groups excluding carboxylic acids is 1. The van der Waals surface area contributed by atoms with E-state index in [0.29, 0.717) is 27.1 Å². The molecule has 4 heterocycles. The van der Waals surface area contributed by atoms with Crippen LogP contribution in [0.15, 0.2) is 67.0 Å². The average Bonchev–Trinajstić information content (AvgIpc) is 3.33. The predicted molar refractivity (Wildman–Crippen MR) is 119 cm³/mol. The zero-order valence-electron chi connectivity index (χ0n) is 16.0. The number of aryl methyl sites for hydroxylation is 1. The Morgan fingerprint density at radius 3 is 2.77 bits per heavy atom. The van der Waals surface area contributed by atoms with Gasteiger partial charge in [-0.2, -0.15) is 0 Å². The molecule has 1 amide bonds. The summed E-state index contributed by atoms with van der Waals surface area (Å²) in [6.07, 6.45) is 3.56. The molecule has 0 radical (unpaired) electrons. The SMILES string of the molecule is Cc1nc2ccccn2c1C(=O)N(Cc1ccccn1)c1nc2c(Cl)cccc2s1. The second kappa shape index (κ2) is 7.51. The first-order valence-corrected chi connectivity index (χ1v) is 10.5. The number of para-hydroxylation sites is 1. The van der Waals surface area contributed by atoms with Gasteiger partial charge in [0.25, 0.3) is 5.91 Å². The van der Waals surface area contributed by atoms with E-state index in [1.54, 1.807) is 17.2 Å². The minimum absolute atomic E-state index is 0.188.